The van der Waals surface area contributed by atoms with Gasteiger partial charge in [0, 0.05) is 35.6 Å². The Bertz CT molecular complexity index is 3390. The fourth-order valence-corrected chi connectivity index (χ4v) is 9.39. The number of carboxylic acids is 4. The van der Waals surface area contributed by atoms with E-state index in [0.717, 1.165) is 11.3 Å². The number of nitrogens with zero attached hydrogens (tertiary/aromatic N) is 4. The van der Waals surface area contributed by atoms with E-state index >= 15 is 0 Å². The van der Waals surface area contributed by atoms with Crippen molar-refractivity contribution in [2.24, 2.45) is 17.8 Å². The van der Waals surface area contributed by atoms with Crippen LogP contribution in [0.4, 0.5) is 26.3 Å². The summed E-state index contributed by atoms with van der Waals surface area (Å²) in [5, 5.41) is 52.2. The molecule has 6 rings (SSSR count). The van der Waals surface area contributed by atoms with Crippen LogP contribution in [0.3, 0.4) is 0 Å². The highest BCUT2D eigenvalue weighted by Gasteiger charge is 2.39. The SMILES string of the molecule is CC(C)CC(NC(Cc1cccc(OCc2ccc(C(F)(F)F)cc2C(F)(F)F)c1)C(=O)O)C(=O)OC(=O)C(CC(C)C)NC(Cc1ccn(-c2ccccc2)n1)C(=O)O.CC(C)CC(NC(Cn1ccn(Cc2cccc(Cl)c2)c1=O)C(=O)O)C(=O)O. The molecule has 6 atom stereocenters. The van der Waals surface area contributed by atoms with E-state index in [1.807, 2.05) is 50.2 Å². The van der Waals surface area contributed by atoms with E-state index in [1.165, 1.54) is 39.6 Å². The van der Waals surface area contributed by atoms with Crippen LogP contribution in [-0.4, -0.2) is 111 Å². The molecular formula is C61H70ClF6N7O13. The van der Waals surface area contributed by atoms with Crippen molar-refractivity contribution in [3.8, 4) is 11.4 Å². The van der Waals surface area contributed by atoms with E-state index in [1.54, 1.807) is 69.0 Å². The number of halogens is 7. The van der Waals surface area contributed by atoms with Crippen molar-refractivity contribution in [2.75, 3.05) is 0 Å². The van der Waals surface area contributed by atoms with Gasteiger partial charge in [0.2, 0.25) is 0 Å². The maximum Gasteiger partial charge on any atom is 0.416 e. The standard InChI is InChI=1S/C42H46F6N4O8.C19H24ClN3O5/c1-24(2)17-35(39(57)60-40(58)36(18-25(3)4)50-34(38(55)56)22-29-15-16-52(51-29)30-10-6-5-7-11-30)49-33(37(53)54)20-26-9-8-12-31(19-26)59-23-27-13-14-28(41(43,44)45)21-32(27)42(46,47)48;1-12(2)8-15(17(24)25)21-16(18(26)27)11-23-7-6-22(19(23)28)10-13-4-3-5-14(20)9-13/h5-16,19,21,24-25,33-36,49-50H,17-18,20,22-23H2,1-4H3,(H,53,54)(H,55,56);3-7,9,12,15-16,21H,8,10-11H2,1-2H3,(H,24,25)(H,26,27). The minimum absolute atomic E-state index is 0.00252. The van der Waals surface area contributed by atoms with E-state index in [4.69, 9.17) is 21.1 Å². The second-order valence-electron chi connectivity index (χ2n) is 22.1. The summed E-state index contributed by atoms with van der Waals surface area (Å²) in [4.78, 5) is 87.5. The van der Waals surface area contributed by atoms with Gasteiger partial charge in [0.05, 0.1) is 35.6 Å². The van der Waals surface area contributed by atoms with Crippen molar-refractivity contribution in [3.05, 3.63) is 171 Å². The van der Waals surface area contributed by atoms with Crippen molar-refractivity contribution >= 4 is 47.4 Å². The highest BCUT2D eigenvalue weighted by atomic mass is 35.5. The van der Waals surface area contributed by atoms with Crippen LogP contribution in [0.1, 0.15) is 94.3 Å². The van der Waals surface area contributed by atoms with Gasteiger partial charge in [-0.3, -0.25) is 44.3 Å². The summed E-state index contributed by atoms with van der Waals surface area (Å²) in [6, 6.07) is 17.1. The third kappa shape index (κ3) is 22.1. The molecule has 2 heterocycles. The molecule has 0 aliphatic rings. The molecule has 0 bridgehead atoms. The van der Waals surface area contributed by atoms with Crippen LogP contribution >= 0.6 is 11.6 Å². The number of carbonyl (C=O) groups is 6. The number of aromatic nitrogens is 4. The molecule has 0 aliphatic carbocycles. The van der Waals surface area contributed by atoms with Crippen LogP contribution in [0.15, 0.2) is 127 Å². The summed E-state index contributed by atoms with van der Waals surface area (Å²) < 4.78 is 95.4. The van der Waals surface area contributed by atoms with Gasteiger partial charge in [0.15, 0.2) is 0 Å². The number of rotatable bonds is 30. The first-order chi connectivity index (χ1) is 41.3. The lowest BCUT2D eigenvalue weighted by molar-refractivity contribution is -0.164. The maximum absolute atomic E-state index is 13.7. The van der Waals surface area contributed by atoms with Gasteiger partial charge in [-0.2, -0.15) is 31.4 Å². The van der Waals surface area contributed by atoms with Crippen LogP contribution in [0.5, 0.6) is 5.75 Å². The molecule has 0 aliphatic heterocycles. The lowest BCUT2D eigenvalue weighted by atomic mass is 10.00. The Hall–Kier alpha value is -8.33. The number of para-hydroxylation sites is 1. The molecule has 0 amide bonds. The van der Waals surface area contributed by atoms with Crippen molar-refractivity contribution in [1.82, 2.24) is 34.9 Å². The second-order valence-corrected chi connectivity index (χ2v) is 22.5. The highest BCUT2D eigenvalue weighted by molar-refractivity contribution is 6.30. The number of benzene rings is 4. The average Bonchev–Trinajstić information content (AvgIpc) is 1.37. The molecule has 4 aromatic carbocycles. The second kappa shape index (κ2) is 32.1. The molecule has 20 nitrogen and oxygen atoms in total. The molecule has 6 unspecified atom stereocenters. The molecule has 6 aromatic rings. The predicted octanol–water partition coefficient (Wildman–Crippen LogP) is 9.15. The third-order valence-corrected chi connectivity index (χ3v) is 13.6. The minimum atomic E-state index is -5.11. The summed E-state index contributed by atoms with van der Waals surface area (Å²) in [5.74, 6) is -7.48. The van der Waals surface area contributed by atoms with Gasteiger partial charge in [-0.15, -0.1) is 0 Å². The first kappa shape index (κ1) is 70.4. The minimum Gasteiger partial charge on any atom is -0.489 e. The van der Waals surface area contributed by atoms with Gasteiger partial charge in [-0.1, -0.05) is 102 Å². The van der Waals surface area contributed by atoms with Crippen LogP contribution < -0.4 is 26.4 Å². The summed E-state index contributed by atoms with van der Waals surface area (Å²) in [6.07, 6.45) is -5.40. The number of aliphatic carboxylic acids is 4. The summed E-state index contributed by atoms with van der Waals surface area (Å²) in [5.41, 5.74) is -1.64. The Balaban J connectivity index is 0.000000419. The van der Waals surface area contributed by atoms with Gasteiger partial charge >= 0.3 is 53.9 Å². The van der Waals surface area contributed by atoms with Crippen LogP contribution in [0, 0.1) is 17.8 Å². The van der Waals surface area contributed by atoms with Gasteiger partial charge < -0.3 is 29.9 Å². The van der Waals surface area contributed by atoms with Crippen molar-refractivity contribution in [1.29, 1.82) is 0 Å². The number of nitrogens with one attached hydrogen (secondary N) is 3. The van der Waals surface area contributed by atoms with Gasteiger partial charge in [0.25, 0.3) is 0 Å². The number of carboxylic acid groups (broad SMARTS) is 4. The molecule has 0 spiro atoms. The number of hydrogen-bond donors (Lipinski definition) is 7. The number of carbonyl (C=O) groups excluding carboxylic acids is 2. The molecule has 27 heteroatoms. The average molecular weight is 1260 g/mol. The Morgan fingerprint density at radius 2 is 1.10 bits per heavy atom. The number of hydrogen-bond acceptors (Lipinski definition) is 13. The topological polar surface area (TPSA) is 283 Å². The quantitative estimate of drug-likeness (QED) is 0.0126. The first-order valence-corrected chi connectivity index (χ1v) is 28.2. The molecule has 0 saturated heterocycles. The molecule has 476 valence electrons. The number of ether oxygens (including phenoxy) is 2. The summed E-state index contributed by atoms with van der Waals surface area (Å²) in [6.45, 7) is 10.1. The smallest absolute Gasteiger partial charge is 0.416 e. The Kier molecular flexibility index (Phi) is 25.7. The maximum atomic E-state index is 13.7. The van der Waals surface area contributed by atoms with E-state index < -0.39 is 108 Å². The normalized spacial score (nSPS) is 13.9. The molecule has 7 N–H and O–H groups in total. The van der Waals surface area contributed by atoms with Gasteiger partial charge in [-0.05, 0) is 109 Å². The van der Waals surface area contributed by atoms with Crippen molar-refractivity contribution in [2.45, 2.75) is 142 Å². The number of imidazole rings is 1. The largest absolute Gasteiger partial charge is 0.489 e. The summed E-state index contributed by atoms with van der Waals surface area (Å²) in [7, 11) is 0. The van der Waals surface area contributed by atoms with E-state index in [9.17, 15) is 80.3 Å². The molecule has 88 heavy (non-hydrogen) atoms. The lowest BCUT2D eigenvalue weighted by Crippen LogP contribution is -2.52. The Morgan fingerprint density at radius 1 is 0.568 bits per heavy atom. The zero-order valence-electron chi connectivity index (χ0n) is 48.8. The fourth-order valence-electron chi connectivity index (χ4n) is 9.17. The Labute approximate surface area is 507 Å². The van der Waals surface area contributed by atoms with Gasteiger partial charge in [-0.25, -0.2) is 19.1 Å². The molecular weight excluding hydrogens is 1190 g/mol. The number of esters is 2. The zero-order valence-corrected chi connectivity index (χ0v) is 49.6. The predicted molar refractivity (Wildman–Crippen MR) is 310 cm³/mol. The molecule has 0 saturated carbocycles. The fraction of sp³-hybridized carbons (Fsp3) is 0.410. The van der Waals surface area contributed by atoms with Crippen LogP contribution in [0.25, 0.3) is 5.69 Å². The third-order valence-electron chi connectivity index (χ3n) is 13.4. The monoisotopic (exact) mass is 1260 g/mol. The van der Waals surface area contributed by atoms with Gasteiger partial charge in [0.1, 0.15) is 48.6 Å². The van der Waals surface area contributed by atoms with Crippen LogP contribution in [0.2, 0.25) is 5.02 Å². The van der Waals surface area contributed by atoms with E-state index in [0.29, 0.717) is 35.0 Å². The molecule has 2 aromatic heterocycles. The van der Waals surface area contributed by atoms with Crippen molar-refractivity contribution < 1.29 is 85.0 Å². The van der Waals surface area contributed by atoms with Crippen LogP contribution in [-0.2, 0) is 78.4 Å². The Morgan fingerprint density at radius 3 is 1.65 bits per heavy atom. The highest BCUT2D eigenvalue weighted by Crippen LogP contribution is 2.38. The number of alkyl halides is 6. The zero-order chi connectivity index (χ0) is 65.2. The molecule has 0 radical (unpaired) electrons. The first-order valence-electron chi connectivity index (χ1n) is 27.8. The summed E-state index contributed by atoms with van der Waals surface area (Å²) >= 11 is 5.96. The van der Waals surface area contributed by atoms with E-state index in [-0.39, 0.29) is 73.9 Å². The van der Waals surface area contributed by atoms with E-state index in [2.05, 4.69) is 21.0 Å². The molecule has 0 fully saturated rings. The van der Waals surface area contributed by atoms with Crippen molar-refractivity contribution in [3.63, 3.8) is 0 Å². The lowest BCUT2D eigenvalue weighted by Gasteiger charge is -2.26.